The number of para-hydroxylation sites is 1. The highest BCUT2D eigenvalue weighted by Gasteiger charge is 2.07. The number of hydrogen-bond donors (Lipinski definition) is 2. The second-order valence-corrected chi connectivity index (χ2v) is 5.07. The third-order valence-electron chi connectivity index (χ3n) is 3.42. The highest BCUT2D eigenvalue weighted by Crippen LogP contribution is 2.22. The number of rotatable bonds is 4. The summed E-state index contributed by atoms with van der Waals surface area (Å²) in [5, 5.41) is 3.56. The molecule has 0 radical (unpaired) electrons. The van der Waals surface area contributed by atoms with Crippen molar-refractivity contribution in [3.05, 3.63) is 70.8 Å². The molecule has 0 aliphatic heterocycles. The average Bonchev–Trinajstić information content (AvgIpc) is 2.65. The van der Waals surface area contributed by atoms with Gasteiger partial charge in [-0.3, -0.25) is 14.6 Å². The normalized spacial score (nSPS) is 9.92. The Bertz CT molecular complexity index is 1010. The number of ether oxygens (including phenoxy) is 1. The van der Waals surface area contributed by atoms with Crippen LogP contribution in [0, 0.1) is 11.8 Å². The summed E-state index contributed by atoms with van der Waals surface area (Å²) in [7, 11) is 0. The lowest BCUT2D eigenvalue weighted by Crippen LogP contribution is -2.29. The van der Waals surface area contributed by atoms with E-state index in [0.29, 0.717) is 5.75 Å². The molecule has 25 heavy (non-hydrogen) atoms. The van der Waals surface area contributed by atoms with Crippen LogP contribution in [0.15, 0.2) is 59.7 Å². The van der Waals surface area contributed by atoms with Crippen LogP contribution in [0.25, 0.3) is 10.9 Å². The molecule has 6 nitrogen and oxygen atoms in total. The Kier molecular flexibility index (Phi) is 5.07. The Morgan fingerprint density at radius 2 is 2.04 bits per heavy atom. The van der Waals surface area contributed by atoms with Gasteiger partial charge in [0.25, 0.3) is 11.5 Å². The second-order valence-electron chi connectivity index (χ2n) is 5.07. The van der Waals surface area contributed by atoms with Crippen molar-refractivity contribution >= 4 is 16.8 Å². The molecule has 6 heteroatoms. The maximum atomic E-state index is 11.8. The Morgan fingerprint density at radius 1 is 1.16 bits per heavy atom. The molecule has 0 saturated carbocycles. The van der Waals surface area contributed by atoms with Crippen LogP contribution in [0.3, 0.4) is 0 Å². The number of aromatic amines is 1. The van der Waals surface area contributed by atoms with E-state index < -0.39 is 11.5 Å². The van der Waals surface area contributed by atoms with Gasteiger partial charge in [0.05, 0.1) is 6.54 Å². The van der Waals surface area contributed by atoms with Gasteiger partial charge in [-0.05, 0) is 24.3 Å². The number of nitrogens with one attached hydrogen (secondary N) is 2. The fourth-order valence-electron chi connectivity index (χ4n) is 2.24. The summed E-state index contributed by atoms with van der Waals surface area (Å²) in [6, 6.07) is 12.6. The van der Waals surface area contributed by atoms with Crippen LogP contribution >= 0.6 is 0 Å². The molecule has 2 aromatic heterocycles. The number of pyridine rings is 2. The number of nitrogens with zero attached hydrogens (tertiary/aromatic N) is 1. The van der Waals surface area contributed by atoms with Crippen LogP contribution in [-0.2, 0) is 0 Å². The predicted octanol–water partition coefficient (Wildman–Crippen LogP) is 1.74. The van der Waals surface area contributed by atoms with E-state index in [9.17, 15) is 9.59 Å². The predicted molar refractivity (Wildman–Crippen MR) is 94.4 cm³/mol. The summed E-state index contributed by atoms with van der Waals surface area (Å²) in [6.07, 6.45) is 3.18. The summed E-state index contributed by atoms with van der Waals surface area (Å²) in [5.74, 6) is 5.80. The molecule has 0 atom stereocenters. The zero-order valence-corrected chi connectivity index (χ0v) is 13.3. The summed E-state index contributed by atoms with van der Waals surface area (Å²) < 4.78 is 5.63. The minimum absolute atomic E-state index is 0.0578. The summed E-state index contributed by atoms with van der Waals surface area (Å²) in [6.45, 7) is 0.307. The first-order valence-electron chi connectivity index (χ1n) is 7.64. The van der Waals surface area contributed by atoms with Gasteiger partial charge in [0.2, 0.25) is 0 Å². The van der Waals surface area contributed by atoms with Gasteiger partial charge in [0.15, 0.2) is 0 Å². The lowest BCUT2D eigenvalue weighted by molar-refractivity contribution is 0.0957. The third-order valence-corrected chi connectivity index (χ3v) is 3.42. The van der Waals surface area contributed by atoms with E-state index in [-0.39, 0.29) is 18.7 Å². The SMILES string of the molecule is O=C(NCC#CCOc1cccc2cccnc12)c1ccc[nH]c1=O. The minimum Gasteiger partial charge on any atom is -0.479 e. The molecule has 2 heterocycles. The Morgan fingerprint density at radius 3 is 2.92 bits per heavy atom. The van der Waals surface area contributed by atoms with Crippen LogP contribution in [0.1, 0.15) is 10.4 Å². The number of fused-ring (bicyclic) bond motifs is 1. The highest BCUT2D eigenvalue weighted by molar-refractivity contribution is 5.93. The van der Waals surface area contributed by atoms with Gasteiger partial charge in [-0.2, -0.15) is 0 Å². The quantitative estimate of drug-likeness (QED) is 0.712. The molecule has 0 aliphatic rings. The Labute approximate surface area is 143 Å². The molecule has 0 fully saturated rings. The van der Waals surface area contributed by atoms with Crippen molar-refractivity contribution in [2.75, 3.05) is 13.2 Å². The molecule has 0 spiro atoms. The number of carbonyl (C=O) groups is 1. The number of amides is 1. The van der Waals surface area contributed by atoms with Gasteiger partial charge < -0.3 is 15.0 Å². The van der Waals surface area contributed by atoms with Gasteiger partial charge in [0.1, 0.15) is 23.4 Å². The Balaban J connectivity index is 1.53. The molecule has 1 aromatic carbocycles. The molecule has 0 unspecified atom stereocenters. The van der Waals surface area contributed by atoms with Gasteiger partial charge in [0, 0.05) is 17.8 Å². The number of carbonyl (C=O) groups excluding carboxylic acids is 1. The smallest absolute Gasteiger partial charge is 0.260 e. The molecular weight excluding hydrogens is 318 g/mol. The van der Waals surface area contributed by atoms with Gasteiger partial charge in [-0.1, -0.05) is 30.0 Å². The fourth-order valence-corrected chi connectivity index (χ4v) is 2.24. The first-order valence-corrected chi connectivity index (χ1v) is 7.64. The average molecular weight is 333 g/mol. The molecular formula is C19H15N3O3. The second kappa shape index (κ2) is 7.79. The number of H-pyrrole nitrogens is 1. The zero-order chi connectivity index (χ0) is 17.5. The first kappa shape index (κ1) is 16.3. The number of hydrogen-bond acceptors (Lipinski definition) is 4. The topological polar surface area (TPSA) is 84.1 Å². The van der Waals surface area contributed by atoms with E-state index in [1.165, 1.54) is 12.3 Å². The molecule has 0 saturated heterocycles. The van der Waals surface area contributed by atoms with Crippen molar-refractivity contribution in [3.8, 4) is 17.6 Å². The zero-order valence-electron chi connectivity index (χ0n) is 13.3. The molecule has 3 aromatic rings. The van der Waals surface area contributed by atoms with Crippen molar-refractivity contribution in [3.63, 3.8) is 0 Å². The maximum Gasteiger partial charge on any atom is 0.260 e. The largest absolute Gasteiger partial charge is 0.479 e. The van der Waals surface area contributed by atoms with Gasteiger partial charge in [-0.25, -0.2) is 0 Å². The molecule has 3 rings (SSSR count). The molecule has 124 valence electrons. The van der Waals surface area contributed by atoms with E-state index >= 15 is 0 Å². The van der Waals surface area contributed by atoms with E-state index in [1.54, 1.807) is 12.3 Å². The lowest BCUT2D eigenvalue weighted by Gasteiger charge is -2.05. The summed E-state index contributed by atoms with van der Waals surface area (Å²) in [4.78, 5) is 30.1. The van der Waals surface area contributed by atoms with E-state index in [1.807, 2.05) is 30.3 Å². The summed E-state index contributed by atoms with van der Waals surface area (Å²) >= 11 is 0. The monoisotopic (exact) mass is 333 g/mol. The van der Waals surface area contributed by atoms with Crippen molar-refractivity contribution in [2.24, 2.45) is 0 Å². The lowest BCUT2D eigenvalue weighted by atomic mass is 10.2. The Hall–Kier alpha value is -3.59. The first-order chi connectivity index (χ1) is 12.3. The van der Waals surface area contributed by atoms with E-state index in [4.69, 9.17) is 4.74 Å². The molecule has 1 amide bonds. The van der Waals surface area contributed by atoms with E-state index in [2.05, 4.69) is 27.1 Å². The van der Waals surface area contributed by atoms with Gasteiger partial charge in [-0.15, -0.1) is 0 Å². The number of aromatic nitrogens is 2. The molecule has 0 bridgehead atoms. The molecule has 0 aliphatic carbocycles. The van der Waals surface area contributed by atoms with Crippen LogP contribution < -0.4 is 15.6 Å². The van der Waals surface area contributed by atoms with Crippen molar-refractivity contribution in [1.82, 2.24) is 15.3 Å². The van der Waals surface area contributed by atoms with Crippen LogP contribution in [0.4, 0.5) is 0 Å². The highest BCUT2D eigenvalue weighted by atomic mass is 16.5. The number of benzene rings is 1. The maximum absolute atomic E-state index is 11.8. The van der Waals surface area contributed by atoms with Crippen molar-refractivity contribution in [1.29, 1.82) is 0 Å². The van der Waals surface area contributed by atoms with Crippen molar-refractivity contribution in [2.45, 2.75) is 0 Å². The van der Waals surface area contributed by atoms with Crippen LogP contribution in [0.2, 0.25) is 0 Å². The minimum atomic E-state index is -0.463. The van der Waals surface area contributed by atoms with Crippen LogP contribution in [0.5, 0.6) is 5.75 Å². The van der Waals surface area contributed by atoms with Gasteiger partial charge >= 0.3 is 0 Å². The van der Waals surface area contributed by atoms with Crippen LogP contribution in [-0.4, -0.2) is 29.0 Å². The van der Waals surface area contributed by atoms with Crippen molar-refractivity contribution < 1.29 is 9.53 Å². The van der Waals surface area contributed by atoms with E-state index in [0.717, 1.165) is 10.9 Å². The fraction of sp³-hybridized carbons (Fsp3) is 0.105. The summed E-state index contributed by atoms with van der Waals surface area (Å²) in [5.41, 5.74) is 0.408. The molecule has 2 N–H and O–H groups in total. The standard InChI is InChI=1S/C19H15N3O3/c23-18(15-8-5-12-22-19(15)24)21-10-1-2-13-25-16-9-3-6-14-7-4-11-20-17(14)16/h3-9,11-12H,10,13H2,(H,21,23)(H,22,24). The third kappa shape index (κ3) is 4.03.